The van der Waals surface area contributed by atoms with Crippen molar-refractivity contribution in [1.29, 1.82) is 0 Å². The molecule has 0 aromatic heterocycles. The lowest BCUT2D eigenvalue weighted by atomic mass is 10.1. The van der Waals surface area contributed by atoms with Crippen molar-refractivity contribution in [2.45, 2.75) is 46.3 Å². The zero-order valence-electron chi connectivity index (χ0n) is 16.5. The maximum absolute atomic E-state index is 12.2. The van der Waals surface area contributed by atoms with E-state index in [0.29, 0.717) is 31.1 Å². The van der Waals surface area contributed by atoms with Gasteiger partial charge in [0.15, 0.2) is 5.60 Å². The molecule has 2 aromatic carbocycles. The zero-order chi connectivity index (χ0) is 19.7. The van der Waals surface area contributed by atoms with Crippen molar-refractivity contribution in [3.05, 3.63) is 71.8 Å². The molecule has 0 amide bonds. The first kappa shape index (κ1) is 20.6. The number of allylic oxidation sites excluding steroid dienone is 2. The summed E-state index contributed by atoms with van der Waals surface area (Å²) in [5, 5.41) is 0. The molecule has 0 saturated heterocycles. The molecule has 0 radical (unpaired) electrons. The highest BCUT2D eigenvalue weighted by Crippen LogP contribution is 2.30. The van der Waals surface area contributed by atoms with Crippen LogP contribution in [0.3, 0.4) is 0 Å². The maximum Gasteiger partial charge on any atom is 0.349 e. The van der Waals surface area contributed by atoms with Gasteiger partial charge in [-0.2, -0.15) is 0 Å². The van der Waals surface area contributed by atoms with Crippen LogP contribution in [0.4, 0.5) is 0 Å². The Bertz CT molecular complexity index is 763. The van der Waals surface area contributed by atoms with Gasteiger partial charge in [-0.25, -0.2) is 4.79 Å². The summed E-state index contributed by atoms with van der Waals surface area (Å²) in [6, 6.07) is 15.7. The summed E-state index contributed by atoms with van der Waals surface area (Å²) < 4.78 is 17.1. The Hall–Kier alpha value is -2.75. The minimum atomic E-state index is -1.08. The quantitative estimate of drug-likeness (QED) is 0.456. The molecule has 4 nitrogen and oxygen atoms in total. The minimum Gasteiger partial charge on any atom is -0.489 e. The van der Waals surface area contributed by atoms with Crippen molar-refractivity contribution in [2.75, 3.05) is 6.61 Å². The van der Waals surface area contributed by atoms with Gasteiger partial charge in [-0.3, -0.25) is 0 Å². The molecule has 0 unspecified atom stereocenters. The van der Waals surface area contributed by atoms with E-state index in [2.05, 4.69) is 0 Å². The highest BCUT2D eigenvalue weighted by atomic mass is 16.6. The average Bonchev–Trinajstić information content (AvgIpc) is 2.66. The summed E-state index contributed by atoms with van der Waals surface area (Å²) in [5.41, 5.74) is 0.987. The maximum atomic E-state index is 12.2. The largest absolute Gasteiger partial charge is 0.489 e. The fraction of sp³-hybridized carbons (Fsp3) is 0.348. The predicted octanol–water partition coefficient (Wildman–Crippen LogP) is 5.10. The van der Waals surface area contributed by atoms with Gasteiger partial charge >= 0.3 is 5.97 Å². The van der Waals surface area contributed by atoms with Crippen molar-refractivity contribution in [2.24, 2.45) is 0 Å². The van der Waals surface area contributed by atoms with Gasteiger partial charge in [0.2, 0.25) is 0 Å². The minimum absolute atomic E-state index is 0.317. The molecule has 2 aromatic rings. The van der Waals surface area contributed by atoms with Crippen molar-refractivity contribution in [3.8, 4) is 11.5 Å². The van der Waals surface area contributed by atoms with Crippen LogP contribution in [0.25, 0.3) is 0 Å². The van der Waals surface area contributed by atoms with Crippen molar-refractivity contribution in [1.82, 2.24) is 0 Å². The molecule has 0 saturated carbocycles. The highest BCUT2D eigenvalue weighted by Gasteiger charge is 2.32. The number of rotatable bonds is 9. The second kappa shape index (κ2) is 9.81. The van der Waals surface area contributed by atoms with Crippen LogP contribution < -0.4 is 9.47 Å². The number of benzene rings is 2. The van der Waals surface area contributed by atoms with Crippen molar-refractivity contribution in [3.63, 3.8) is 0 Å². The van der Waals surface area contributed by atoms with Gasteiger partial charge in [-0.05, 0) is 51.3 Å². The Morgan fingerprint density at radius 2 is 1.85 bits per heavy atom. The molecule has 0 aliphatic carbocycles. The smallest absolute Gasteiger partial charge is 0.349 e. The third kappa shape index (κ3) is 6.17. The van der Waals surface area contributed by atoms with Gasteiger partial charge in [0.25, 0.3) is 0 Å². The summed E-state index contributed by atoms with van der Waals surface area (Å²) in [7, 11) is 0. The summed E-state index contributed by atoms with van der Waals surface area (Å²) >= 11 is 0. The molecule has 2 rings (SSSR count). The molecule has 0 N–H and O–H groups in total. The first-order valence-corrected chi connectivity index (χ1v) is 9.23. The van der Waals surface area contributed by atoms with E-state index in [1.54, 1.807) is 20.8 Å². The van der Waals surface area contributed by atoms with Crippen LogP contribution in [0, 0.1) is 0 Å². The van der Waals surface area contributed by atoms with E-state index in [1.807, 2.05) is 67.6 Å². The second-order valence-corrected chi connectivity index (χ2v) is 6.65. The number of carbonyl (C=O) groups excluding carboxylic acids is 1. The van der Waals surface area contributed by atoms with Crippen LogP contribution in [0.5, 0.6) is 11.5 Å². The van der Waals surface area contributed by atoms with Crippen LogP contribution in [-0.2, 0) is 22.6 Å². The van der Waals surface area contributed by atoms with E-state index in [-0.39, 0.29) is 0 Å². The molecule has 4 heteroatoms. The van der Waals surface area contributed by atoms with Gasteiger partial charge in [-0.15, -0.1) is 0 Å². The standard InChI is InChI=1S/C23H28O4/c1-5-7-13-19-14-15-20(26-17-18-11-9-8-10-12-18)16-21(19)27-23(3,4)22(24)25-6-2/h5,7-12,14-16H,6,13,17H2,1-4H3. The molecular formula is C23H28O4. The van der Waals surface area contributed by atoms with Gasteiger partial charge in [-0.1, -0.05) is 48.6 Å². The van der Waals surface area contributed by atoms with Gasteiger partial charge < -0.3 is 14.2 Å². The van der Waals surface area contributed by atoms with Crippen LogP contribution in [-0.4, -0.2) is 18.2 Å². The lowest BCUT2D eigenvalue weighted by Gasteiger charge is -2.25. The first-order valence-electron chi connectivity index (χ1n) is 9.23. The second-order valence-electron chi connectivity index (χ2n) is 6.65. The molecule has 0 atom stereocenters. The Labute approximate surface area is 161 Å². The molecular weight excluding hydrogens is 340 g/mol. The fourth-order valence-corrected chi connectivity index (χ4v) is 2.50. The average molecular weight is 368 g/mol. The Morgan fingerprint density at radius 3 is 2.52 bits per heavy atom. The Balaban J connectivity index is 2.21. The first-order chi connectivity index (χ1) is 13.0. The van der Waals surface area contributed by atoms with Crippen LogP contribution in [0.1, 0.15) is 38.8 Å². The number of esters is 1. The highest BCUT2D eigenvalue weighted by molar-refractivity contribution is 5.79. The van der Waals surface area contributed by atoms with Gasteiger partial charge in [0.1, 0.15) is 18.1 Å². The van der Waals surface area contributed by atoms with E-state index in [9.17, 15) is 4.79 Å². The normalized spacial score (nSPS) is 11.4. The zero-order valence-corrected chi connectivity index (χ0v) is 16.5. The van der Waals surface area contributed by atoms with Crippen LogP contribution >= 0.6 is 0 Å². The summed E-state index contributed by atoms with van der Waals surface area (Å²) in [6.45, 7) is 7.96. The molecule has 0 aliphatic rings. The molecule has 0 spiro atoms. The third-order valence-corrected chi connectivity index (χ3v) is 3.99. The van der Waals surface area contributed by atoms with Crippen molar-refractivity contribution < 1.29 is 19.0 Å². The molecule has 27 heavy (non-hydrogen) atoms. The van der Waals surface area contributed by atoms with E-state index >= 15 is 0 Å². The monoisotopic (exact) mass is 368 g/mol. The SMILES string of the molecule is CC=CCc1ccc(OCc2ccccc2)cc1OC(C)(C)C(=O)OCC. The van der Waals surface area contributed by atoms with Gasteiger partial charge in [0.05, 0.1) is 6.61 Å². The molecule has 0 fully saturated rings. The molecule has 0 aliphatic heterocycles. The third-order valence-electron chi connectivity index (χ3n) is 3.99. The van der Waals surface area contributed by atoms with Crippen LogP contribution in [0.15, 0.2) is 60.7 Å². The van der Waals surface area contributed by atoms with E-state index in [4.69, 9.17) is 14.2 Å². The lowest BCUT2D eigenvalue weighted by molar-refractivity contribution is -0.158. The molecule has 0 heterocycles. The summed E-state index contributed by atoms with van der Waals surface area (Å²) in [6.07, 6.45) is 4.74. The lowest BCUT2D eigenvalue weighted by Crippen LogP contribution is -2.40. The van der Waals surface area contributed by atoms with Gasteiger partial charge in [0, 0.05) is 6.07 Å². The fourth-order valence-electron chi connectivity index (χ4n) is 2.50. The van der Waals surface area contributed by atoms with E-state index < -0.39 is 11.6 Å². The topological polar surface area (TPSA) is 44.8 Å². The number of ether oxygens (including phenoxy) is 3. The van der Waals surface area contributed by atoms with E-state index in [0.717, 1.165) is 11.1 Å². The van der Waals surface area contributed by atoms with Crippen molar-refractivity contribution >= 4 is 5.97 Å². The number of hydrogen-bond acceptors (Lipinski definition) is 4. The van der Waals surface area contributed by atoms with Crippen LogP contribution in [0.2, 0.25) is 0 Å². The molecule has 144 valence electrons. The Kier molecular flexibility index (Phi) is 7.47. The summed E-state index contributed by atoms with van der Waals surface area (Å²) in [5.74, 6) is 0.923. The number of hydrogen-bond donors (Lipinski definition) is 0. The predicted molar refractivity (Wildman–Crippen MR) is 107 cm³/mol. The Morgan fingerprint density at radius 1 is 1.11 bits per heavy atom. The summed E-state index contributed by atoms with van der Waals surface area (Å²) in [4.78, 5) is 12.2. The van der Waals surface area contributed by atoms with E-state index in [1.165, 1.54) is 0 Å². The number of carbonyl (C=O) groups is 1. The molecule has 0 bridgehead atoms.